The van der Waals surface area contributed by atoms with Crippen molar-refractivity contribution in [2.45, 2.75) is 24.7 Å². The zero-order chi connectivity index (χ0) is 15.6. The van der Waals surface area contributed by atoms with Crippen molar-refractivity contribution in [1.29, 1.82) is 0 Å². The molecule has 2 rings (SSSR count). The molecule has 1 aromatic carbocycles. The molecule has 1 aromatic heterocycles. The highest BCUT2D eigenvalue weighted by molar-refractivity contribution is 7.92. The molecular weight excluding hydrogens is 292 g/mol. The van der Waals surface area contributed by atoms with Gasteiger partial charge in [-0.15, -0.1) is 0 Å². The molecule has 0 radical (unpaired) electrons. The Balaban J connectivity index is 2.35. The van der Waals surface area contributed by atoms with E-state index in [0.717, 1.165) is 17.8 Å². The minimum absolute atomic E-state index is 0.113. The number of sulfonamides is 1. The fourth-order valence-corrected chi connectivity index (χ4v) is 3.03. The van der Waals surface area contributed by atoms with Gasteiger partial charge in [0.2, 0.25) is 0 Å². The van der Waals surface area contributed by atoms with Crippen molar-refractivity contribution in [1.82, 2.24) is 4.98 Å². The number of carboxylic acids is 1. The number of hydrogen-bond acceptors (Lipinski definition) is 3. The number of hydrogen-bond donors (Lipinski definition) is 3. The summed E-state index contributed by atoms with van der Waals surface area (Å²) in [5.41, 5.74) is 1.19. The minimum Gasteiger partial charge on any atom is -0.477 e. The first-order valence-corrected chi connectivity index (χ1v) is 7.83. The fraction of sp³-hybridized carbons (Fsp3) is 0.214. The van der Waals surface area contributed by atoms with Crippen molar-refractivity contribution < 1.29 is 18.3 Å². The SMILES string of the molecule is CC(C)c1ccccc1NS(=O)(=O)c1c[nH]c(C(=O)O)c1. The predicted octanol–water partition coefficient (Wildman–Crippen LogP) is 2.64. The Kier molecular flexibility index (Phi) is 4.04. The van der Waals surface area contributed by atoms with Gasteiger partial charge >= 0.3 is 5.97 Å². The van der Waals surface area contributed by atoms with E-state index in [4.69, 9.17) is 5.11 Å². The van der Waals surface area contributed by atoms with Crippen LogP contribution in [0.1, 0.15) is 35.8 Å². The number of para-hydroxylation sites is 1. The number of anilines is 1. The lowest BCUT2D eigenvalue weighted by Crippen LogP contribution is -2.14. The molecule has 0 spiro atoms. The van der Waals surface area contributed by atoms with Gasteiger partial charge in [0.25, 0.3) is 10.0 Å². The normalized spacial score (nSPS) is 11.6. The Morgan fingerprint density at radius 3 is 2.52 bits per heavy atom. The van der Waals surface area contributed by atoms with E-state index < -0.39 is 16.0 Å². The van der Waals surface area contributed by atoms with E-state index in [1.54, 1.807) is 12.1 Å². The molecule has 0 aliphatic rings. The molecule has 0 saturated carbocycles. The third kappa shape index (κ3) is 3.25. The van der Waals surface area contributed by atoms with Gasteiger partial charge in [0.15, 0.2) is 0 Å². The molecule has 7 heteroatoms. The van der Waals surface area contributed by atoms with Gasteiger partial charge in [-0.25, -0.2) is 13.2 Å². The molecule has 0 aliphatic heterocycles. The number of carboxylic acid groups (broad SMARTS) is 1. The number of nitrogens with one attached hydrogen (secondary N) is 2. The second-order valence-electron chi connectivity index (χ2n) is 4.90. The van der Waals surface area contributed by atoms with Gasteiger partial charge in [-0.1, -0.05) is 32.0 Å². The van der Waals surface area contributed by atoms with Gasteiger partial charge in [-0.2, -0.15) is 0 Å². The molecule has 0 saturated heterocycles. The highest BCUT2D eigenvalue weighted by atomic mass is 32.2. The first kappa shape index (κ1) is 15.1. The number of aromatic carboxylic acids is 1. The monoisotopic (exact) mass is 308 g/mol. The third-order valence-corrected chi connectivity index (χ3v) is 4.37. The molecule has 1 heterocycles. The first-order chi connectivity index (χ1) is 9.81. The molecule has 3 N–H and O–H groups in total. The van der Waals surface area contributed by atoms with Crippen molar-refractivity contribution in [2.75, 3.05) is 4.72 Å². The van der Waals surface area contributed by atoms with Crippen LogP contribution in [0.2, 0.25) is 0 Å². The Hall–Kier alpha value is -2.28. The molecule has 2 aromatic rings. The van der Waals surface area contributed by atoms with Crippen LogP contribution in [-0.4, -0.2) is 24.5 Å². The lowest BCUT2D eigenvalue weighted by atomic mass is 10.0. The van der Waals surface area contributed by atoms with Crippen LogP contribution in [0, 0.1) is 0 Å². The molecule has 0 aliphatic carbocycles. The van der Waals surface area contributed by atoms with Crippen LogP contribution in [0.4, 0.5) is 5.69 Å². The average molecular weight is 308 g/mol. The van der Waals surface area contributed by atoms with Crippen LogP contribution < -0.4 is 4.72 Å². The maximum absolute atomic E-state index is 12.3. The summed E-state index contributed by atoms with van der Waals surface area (Å²) in [4.78, 5) is 13.1. The topological polar surface area (TPSA) is 99.3 Å². The summed E-state index contributed by atoms with van der Waals surface area (Å²) >= 11 is 0. The van der Waals surface area contributed by atoms with E-state index in [9.17, 15) is 13.2 Å². The van der Waals surface area contributed by atoms with Gasteiger partial charge in [-0.3, -0.25) is 4.72 Å². The molecular formula is C14H16N2O4S. The second kappa shape index (κ2) is 5.61. The van der Waals surface area contributed by atoms with Gasteiger partial charge < -0.3 is 10.1 Å². The Morgan fingerprint density at radius 2 is 1.95 bits per heavy atom. The molecule has 112 valence electrons. The standard InChI is InChI=1S/C14H16N2O4S/c1-9(2)11-5-3-4-6-12(11)16-21(19,20)10-7-13(14(17)18)15-8-10/h3-9,15-16H,1-2H3,(H,17,18). The quantitative estimate of drug-likeness (QED) is 0.790. The van der Waals surface area contributed by atoms with Crippen molar-refractivity contribution in [2.24, 2.45) is 0 Å². The zero-order valence-corrected chi connectivity index (χ0v) is 12.4. The van der Waals surface area contributed by atoms with Crippen LogP contribution in [0.25, 0.3) is 0 Å². The lowest BCUT2D eigenvalue weighted by molar-refractivity contribution is 0.0691. The summed E-state index contributed by atoms with van der Waals surface area (Å²) in [6.45, 7) is 3.93. The van der Waals surface area contributed by atoms with Gasteiger partial charge in [0, 0.05) is 6.20 Å². The predicted molar refractivity (Wildman–Crippen MR) is 79.1 cm³/mol. The second-order valence-corrected chi connectivity index (χ2v) is 6.58. The number of aromatic nitrogens is 1. The number of rotatable bonds is 5. The molecule has 0 bridgehead atoms. The zero-order valence-electron chi connectivity index (χ0n) is 11.6. The Labute approximate surface area is 122 Å². The van der Waals surface area contributed by atoms with E-state index in [0.29, 0.717) is 5.69 Å². The number of benzene rings is 1. The summed E-state index contributed by atoms with van der Waals surface area (Å²) in [6, 6.07) is 8.19. The largest absolute Gasteiger partial charge is 0.477 e. The van der Waals surface area contributed by atoms with Crippen LogP contribution >= 0.6 is 0 Å². The molecule has 0 unspecified atom stereocenters. The fourth-order valence-electron chi connectivity index (χ4n) is 1.95. The maximum Gasteiger partial charge on any atom is 0.352 e. The summed E-state index contributed by atoms with van der Waals surface area (Å²) in [5.74, 6) is -1.05. The third-order valence-electron chi connectivity index (χ3n) is 3.02. The van der Waals surface area contributed by atoms with E-state index in [1.807, 2.05) is 26.0 Å². The van der Waals surface area contributed by atoms with Crippen molar-refractivity contribution in [3.05, 3.63) is 47.8 Å². The summed E-state index contributed by atoms with van der Waals surface area (Å²) in [7, 11) is -3.83. The van der Waals surface area contributed by atoms with Crippen molar-refractivity contribution in [3.8, 4) is 0 Å². The molecule has 0 fully saturated rings. The number of carbonyl (C=O) groups is 1. The Morgan fingerprint density at radius 1 is 1.29 bits per heavy atom. The Bertz CT molecular complexity index is 763. The minimum atomic E-state index is -3.83. The number of H-pyrrole nitrogens is 1. The van der Waals surface area contributed by atoms with E-state index in [1.165, 1.54) is 0 Å². The van der Waals surface area contributed by atoms with Gasteiger partial charge in [-0.05, 0) is 23.6 Å². The summed E-state index contributed by atoms with van der Waals surface area (Å²) in [6.07, 6.45) is 1.16. The first-order valence-electron chi connectivity index (χ1n) is 6.34. The van der Waals surface area contributed by atoms with Crippen LogP contribution in [0.5, 0.6) is 0 Å². The average Bonchev–Trinajstić information content (AvgIpc) is 2.89. The molecule has 0 amide bonds. The van der Waals surface area contributed by atoms with Crippen LogP contribution in [-0.2, 0) is 10.0 Å². The molecule has 21 heavy (non-hydrogen) atoms. The lowest BCUT2D eigenvalue weighted by Gasteiger charge is -2.14. The molecule has 6 nitrogen and oxygen atoms in total. The maximum atomic E-state index is 12.3. The highest BCUT2D eigenvalue weighted by Gasteiger charge is 2.19. The van der Waals surface area contributed by atoms with Gasteiger partial charge in [0.05, 0.1) is 5.69 Å². The molecule has 0 atom stereocenters. The van der Waals surface area contributed by atoms with Crippen molar-refractivity contribution >= 4 is 21.7 Å². The van der Waals surface area contributed by atoms with Gasteiger partial charge in [0.1, 0.15) is 10.6 Å². The highest BCUT2D eigenvalue weighted by Crippen LogP contribution is 2.26. The number of aromatic amines is 1. The van der Waals surface area contributed by atoms with E-state index in [2.05, 4.69) is 9.71 Å². The smallest absolute Gasteiger partial charge is 0.352 e. The van der Waals surface area contributed by atoms with E-state index in [-0.39, 0.29) is 16.5 Å². The summed E-state index contributed by atoms with van der Waals surface area (Å²) < 4.78 is 27.1. The van der Waals surface area contributed by atoms with Crippen molar-refractivity contribution in [3.63, 3.8) is 0 Å². The van der Waals surface area contributed by atoms with E-state index >= 15 is 0 Å². The van der Waals surface area contributed by atoms with Crippen LogP contribution in [0.15, 0.2) is 41.4 Å². The summed E-state index contributed by atoms with van der Waals surface area (Å²) in [5, 5.41) is 8.82. The van der Waals surface area contributed by atoms with Crippen LogP contribution in [0.3, 0.4) is 0 Å².